The monoisotopic (exact) mass is 680 g/mol. The van der Waals surface area contributed by atoms with E-state index in [9.17, 15) is 19.2 Å². The molecule has 3 atom stereocenters. The normalized spacial score (nSPS) is 17.9. The van der Waals surface area contributed by atoms with Gasteiger partial charge < -0.3 is 35.1 Å². The second-order valence-electron chi connectivity index (χ2n) is 13.2. The van der Waals surface area contributed by atoms with E-state index in [1.165, 1.54) is 14.0 Å². The van der Waals surface area contributed by atoms with Crippen LogP contribution in [0.3, 0.4) is 0 Å². The number of likely N-dealkylation sites (tertiary alicyclic amines) is 2. The first kappa shape index (κ1) is 34.4. The van der Waals surface area contributed by atoms with Gasteiger partial charge in [-0.1, -0.05) is 62.4 Å². The molecule has 4 N–H and O–H groups in total. The summed E-state index contributed by atoms with van der Waals surface area (Å²) >= 11 is 0. The molecule has 2 aliphatic rings. The highest BCUT2D eigenvalue weighted by Crippen LogP contribution is 2.34. The lowest BCUT2D eigenvalue weighted by atomic mass is 10.0. The third kappa shape index (κ3) is 7.41. The van der Waals surface area contributed by atoms with Crippen molar-refractivity contribution in [2.24, 2.45) is 5.92 Å². The summed E-state index contributed by atoms with van der Waals surface area (Å²) in [5, 5.41) is 5.28. The predicted octanol–water partition coefficient (Wildman–Crippen LogP) is 4.98. The average Bonchev–Trinajstić information content (AvgIpc) is 3.95. The molecule has 0 unspecified atom stereocenters. The maximum Gasteiger partial charge on any atom is 0.407 e. The second-order valence-corrected chi connectivity index (χ2v) is 13.2. The number of hydrogen-bond acceptors (Lipinski definition) is 7. The molecule has 4 aromatic rings. The Balaban J connectivity index is 1.10. The summed E-state index contributed by atoms with van der Waals surface area (Å²) in [5.41, 5.74) is 5.84. The van der Waals surface area contributed by atoms with Gasteiger partial charge in [-0.2, -0.15) is 0 Å². The number of nitrogens with zero attached hydrogens (tertiary/aromatic N) is 4. The zero-order valence-electron chi connectivity index (χ0n) is 28.9. The van der Waals surface area contributed by atoms with Crippen LogP contribution in [0.4, 0.5) is 4.79 Å². The number of amides is 4. The van der Waals surface area contributed by atoms with Crippen LogP contribution in [0.5, 0.6) is 0 Å². The Hall–Kier alpha value is -5.46. The third-order valence-electron chi connectivity index (χ3n) is 9.54. The van der Waals surface area contributed by atoms with Crippen molar-refractivity contribution in [1.82, 2.24) is 40.4 Å². The van der Waals surface area contributed by atoms with E-state index in [0.717, 1.165) is 71.0 Å². The maximum atomic E-state index is 13.5. The minimum absolute atomic E-state index is 0.00991. The summed E-state index contributed by atoms with van der Waals surface area (Å²) in [5.74, 6) is 0.904. The van der Waals surface area contributed by atoms with Gasteiger partial charge in [-0.05, 0) is 53.9 Å². The molecule has 2 aromatic carbocycles. The highest BCUT2D eigenvalue weighted by Gasteiger charge is 2.37. The van der Waals surface area contributed by atoms with Crippen molar-refractivity contribution < 1.29 is 23.9 Å². The summed E-state index contributed by atoms with van der Waals surface area (Å²) < 4.78 is 4.74. The highest BCUT2D eigenvalue weighted by atomic mass is 16.5. The molecule has 0 bridgehead atoms. The molecule has 2 aromatic heterocycles. The molecule has 0 aliphatic carbocycles. The molecular formula is C37H44N8O5. The number of nitrogens with one attached hydrogen (secondary N) is 4. The SMILES string of the molecule is COC(=O)N[C@H](C(=O)N1CCC[C@H]1c1ncc(-c2ccc(-c3ccc(-c4cnc([C@@H]5CCCN5C(=O)CNC(C)=O)[nH]4)cc3)cc2)[nH]1)C(C)C. The summed E-state index contributed by atoms with van der Waals surface area (Å²) in [7, 11) is 1.29. The molecule has 13 nitrogen and oxygen atoms in total. The van der Waals surface area contributed by atoms with Crippen molar-refractivity contribution in [3.63, 3.8) is 0 Å². The largest absolute Gasteiger partial charge is 0.453 e. The highest BCUT2D eigenvalue weighted by molar-refractivity contribution is 5.86. The number of aromatic amines is 2. The van der Waals surface area contributed by atoms with Gasteiger partial charge in [0.25, 0.3) is 0 Å². The van der Waals surface area contributed by atoms with Gasteiger partial charge in [-0.25, -0.2) is 14.8 Å². The van der Waals surface area contributed by atoms with E-state index < -0.39 is 12.1 Å². The molecule has 2 saturated heterocycles. The smallest absolute Gasteiger partial charge is 0.407 e. The van der Waals surface area contributed by atoms with Crippen molar-refractivity contribution in [3.05, 3.63) is 72.6 Å². The molecule has 2 aliphatic heterocycles. The summed E-state index contributed by atoms with van der Waals surface area (Å²) in [4.78, 5) is 69.0. The number of hydrogen-bond donors (Lipinski definition) is 4. The number of benzene rings is 2. The molecule has 4 amide bonds. The van der Waals surface area contributed by atoms with Crippen molar-refractivity contribution >= 4 is 23.8 Å². The lowest BCUT2D eigenvalue weighted by molar-refractivity contribution is -0.135. The number of rotatable bonds is 10. The number of alkyl carbamates (subject to hydrolysis) is 1. The van der Waals surface area contributed by atoms with Gasteiger partial charge in [-0.15, -0.1) is 0 Å². The molecular weight excluding hydrogens is 636 g/mol. The Bertz CT molecular complexity index is 1830. The van der Waals surface area contributed by atoms with Crippen LogP contribution in [0, 0.1) is 5.92 Å². The molecule has 262 valence electrons. The fourth-order valence-electron chi connectivity index (χ4n) is 6.83. The van der Waals surface area contributed by atoms with Gasteiger partial charge in [-0.3, -0.25) is 14.4 Å². The van der Waals surface area contributed by atoms with Crippen LogP contribution in [0.15, 0.2) is 60.9 Å². The zero-order chi connectivity index (χ0) is 35.4. The first-order chi connectivity index (χ1) is 24.1. The van der Waals surface area contributed by atoms with Gasteiger partial charge in [0.1, 0.15) is 17.7 Å². The van der Waals surface area contributed by atoms with Crippen LogP contribution >= 0.6 is 0 Å². The molecule has 0 radical (unpaired) electrons. The van der Waals surface area contributed by atoms with E-state index >= 15 is 0 Å². The zero-order valence-corrected chi connectivity index (χ0v) is 28.9. The van der Waals surface area contributed by atoms with E-state index in [1.54, 1.807) is 22.2 Å². The van der Waals surface area contributed by atoms with Crippen LogP contribution < -0.4 is 10.6 Å². The van der Waals surface area contributed by atoms with Crippen molar-refractivity contribution in [2.75, 3.05) is 26.7 Å². The Labute approximate surface area is 291 Å². The van der Waals surface area contributed by atoms with Crippen LogP contribution in [0.2, 0.25) is 0 Å². The Kier molecular flexibility index (Phi) is 10.3. The van der Waals surface area contributed by atoms with Crippen LogP contribution in [0.1, 0.15) is 70.2 Å². The molecule has 4 heterocycles. The van der Waals surface area contributed by atoms with Gasteiger partial charge >= 0.3 is 6.09 Å². The second kappa shape index (κ2) is 15.0. The number of ether oxygens (including phenoxy) is 1. The molecule has 50 heavy (non-hydrogen) atoms. The lowest BCUT2D eigenvalue weighted by Crippen LogP contribution is -2.51. The Morgan fingerprint density at radius 2 is 1.28 bits per heavy atom. The number of methoxy groups -OCH3 is 1. The molecule has 6 rings (SSSR count). The number of imidazole rings is 2. The van der Waals surface area contributed by atoms with Crippen LogP contribution in [0.25, 0.3) is 33.6 Å². The van der Waals surface area contributed by atoms with Gasteiger partial charge in [0.15, 0.2) is 0 Å². The Morgan fingerprint density at radius 1 is 0.800 bits per heavy atom. The van der Waals surface area contributed by atoms with Crippen molar-refractivity contribution in [3.8, 4) is 33.6 Å². The fraction of sp³-hybridized carbons (Fsp3) is 0.405. The first-order valence-electron chi connectivity index (χ1n) is 17.1. The fourth-order valence-corrected chi connectivity index (χ4v) is 6.83. The minimum Gasteiger partial charge on any atom is -0.453 e. The standard InChI is InChI=1S/C37H44N8O5/c1-22(2)33(43-37(49)50-4)36(48)45-18-6-8-31(45)35-40-20-29(42-35)27-15-11-25(12-16-27)24-9-13-26(14-10-24)28-19-39-34(41-28)30-7-5-17-44(30)32(47)21-38-23(3)46/h9-16,19-20,22,30-31,33H,5-8,17-18,21H2,1-4H3,(H,38,46)(H,39,41)(H,40,42)(H,43,49)/t30-,31-,33-/m0/s1. The van der Waals surface area contributed by atoms with Gasteiger partial charge in [0.05, 0.1) is 49.5 Å². The quantitative estimate of drug-likeness (QED) is 0.183. The number of aromatic nitrogens is 4. The van der Waals surface area contributed by atoms with Crippen molar-refractivity contribution in [1.29, 1.82) is 0 Å². The first-order valence-corrected chi connectivity index (χ1v) is 17.1. The van der Waals surface area contributed by atoms with E-state index in [4.69, 9.17) is 4.74 Å². The molecule has 13 heteroatoms. The maximum absolute atomic E-state index is 13.5. The van der Waals surface area contributed by atoms with Gasteiger partial charge in [0, 0.05) is 20.0 Å². The van der Waals surface area contributed by atoms with E-state index in [0.29, 0.717) is 13.1 Å². The molecule has 0 spiro atoms. The van der Waals surface area contributed by atoms with E-state index in [2.05, 4.69) is 79.1 Å². The van der Waals surface area contributed by atoms with Gasteiger partial charge in [0.2, 0.25) is 17.7 Å². The number of H-pyrrole nitrogens is 2. The van der Waals surface area contributed by atoms with E-state index in [-0.39, 0.29) is 42.3 Å². The summed E-state index contributed by atoms with van der Waals surface area (Å²) in [6.07, 6.45) is 6.33. The number of carbonyl (C=O) groups excluding carboxylic acids is 4. The average molecular weight is 681 g/mol. The number of carbonyl (C=O) groups is 4. The van der Waals surface area contributed by atoms with Crippen molar-refractivity contribution in [2.45, 2.75) is 64.6 Å². The lowest BCUT2D eigenvalue weighted by Gasteiger charge is -2.30. The summed E-state index contributed by atoms with van der Waals surface area (Å²) in [6.45, 7) is 6.43. The molecule has 0 saturated carbocycles. The van der Waals surface area contributed by atoms with E-state index in [1.807, 2.05) is 13.8 Å². The van der Waals surface area contributed by atoms with Crippen LogP contribution in [-0.2, 0) is 19.1 Å². The topological polar surface area (TPSA) is 165 Å². The third-order valence-corrected chi connectivity index (χ3v) is 9.54. The Morgan fingerprint density at radius 3 is 1.76 bits per heavy atom. The van der Waals surface area contributed by atoms with Crippen LogP contribution in [-0.4, -0.2) is 86.3 Å². The minimum atomic E-state index is -0.682. The predicted molar refractivity (Wildman–Crippen MR) is 187 cm³/mol. The molecule has 2 fully saturated rings. The summed E-state index contributed by atoms with van der Waals surface area (Å²) in [6, 6.07) is 15.5.